The SMILES string of the molecule is FC1(F)CCCN(c2nc(C(F)(F)F)ccc2Br)CC1. The summed E-state index contributed by atoms with van der Waals surface area (Å²) in [5.41, 5.74) is -1.02. The fraction of sp³-hybridized carbons (Fsp3) is 0.583. The summed E-state index contributed by atoms with van der Waals surface area (Å²) in [6, 6.07) is 2.11. The van der Waals surface area contributed by atoms with Crippen molar-refractivity contribution < 1.29 is 22.0 Å². The van der Waals surface area contributed by atoms with E-state index in [2.05, 4.69) is 20.9 Å². The Bertz CT molecular complexity index is 489. The summed E-state index contributed by atoms with van der Waals surface area (Å²) in [5.74, 6) is -2.69. The van der Waals surface area contributed by atoms with Crippen molar-refractivity contribution in [3.63, 3.8) is 0 Å². The van der Waals surface area contributed by atoms with Crippen molar-refractivity contribution in [2.24, 2.45) is 0 Å². The lowest BCUT2D eigenvalue weighted by atomic mass is 10.1. The smallest absolute Gasteiger partial charge is 0.355 e. The van der Waals surface area contributed by atoms with Crippen molar-refractivity contribution in [3.05, 3.63) is 22.3 Å². The van der Waals surface area contributed by atoms with Crippen LogP contribution in [0.25, 0.3) is 0 Å². The van der Waals surface area contributed by atoms with Gasteiger partial charge in [-0.15, -0.1) is 0 Å². The second-order valence-electron chi connectivity index (χ2n) is 4.70. The molecule has 2 rings (SSSR count). The molecule has 0 amide bonds. The molecule has 1 fully saturated rings. The van der Waals surface area contributed by atoms with Gasteiger partial charge in [0.2, 0.25) is 5.92 Å². The van der Waals surface area contributed by atoms with Crippen LogP contribution in [0.2, 0.25) is 0 Å². The van der Waals surface area contributed by atoms with Gasteiger partial charge in [0.1, 0.15) is 11.5 Å². The molecule has 2 heterocycles. The van der Waals surface area contributed by atoms with Gasteiger partial charge in [-0.3, -0.25) is 0 Å². The van der Waals surface area contributed by atoms with E-state index in [1.165, 1.54) is 11.0 Å². The summed E-state index contributed by atoms with van der Waals surface area (Å²) in [4.78, 5) is 5.04. The first-order valence-electron chi connectivity index (χ1n) is 6.05. The minimum Gasteiger partial charge on any atom is -0.355 e. The highest BCUT2D eigenvalue weighted by Gasteiger charge is 2.35. The molecule has 1 aromatic rings. The number of pyridine rings is 1. The van der Waals surface area contributed by atoms with Crippen molar-refractivity contribution in [3.8, 4) is 0 Å². The number of anilines is 1. The van der Waals surface area contributed by atoms with Gasteiger partial charge in [0, 0.05) is 25.9 Å². The number of hydrogen-bond donors (Lipinski definition) is 0. The van der Waals surface area contributed by atoms with Gasteiger partial charge in [0.15, 0.2) is 0 Å². The zero-order valence-electron chi connectivity index (χ0n) is 10.4. The molecule has 0 atom stereocenters. The van der Waals surface area contributed by atoms with Gasteiger partial charge < -0.3 is 4.90 Å². The van der Waals surface area contributed by atoms with Crippen molar-refractivity contribution in [1.29, 1.82) is 0 Å². The van der Waals surface area contributed by atoms with E-state index in [1.807, 2.05) is 0 Å². The average Bonchev–Trinajstić information content (AvgIpc) is 2.49. The number of hydrogen-bond acceptors (Lipinski definition) is 2. The van der Waals surface area contributed by atoms with Crippen LogP contribution in [0.3, 0.4) is 0 Å². The Kier molecular flexibility index (Phi) is 4.22. The summed E-state index contributed by atoms with van der Waals surface area (Å²) in [6.45, 7) is 0.252. The van der Waals surface area contributed by atoms with Crippen LogP contribution >= 0.6 is 15.9 Å². The molecule has 1 aromatic heterocycles. The zero-order chi connectivity index (χ0) is 15.0. The number of aromatic nitrogens is 1. The first-order valence-corrected chi connectivity index (χ1v) is 6.85. The van der Waals surface area contributed by atoms with Crippen molar-refractivity contribution in [2.75, 3.05) is 18.0 Å². The quantitative estimate of drug-likeness (QED) is 0.687. The molecule has 1 saturated heterocycles. The summed E-state index contributed by atoms with van der Waals surface area (Å²) in [5, 5.41) is 0. The lowest BCUT2D eigenvalue weighted by Crippen LogP contribution is -2.27. The second-order valence-corrected chi connectivity index (χ2v) is 5.55. The molecule has 1 aliphatic heterocycles. The molecule has 0 N–H and O–H groups in total. The van der Waals surface area contributed by atoms with Crippen LogP contribution in [0.15, 0.2) is 16.6 Å². The third-order valence-corrected chi connectivity index (χ3v) is 3.75. The summed E-state index contributed by atoms with van der Waals surface area (Å²) < 4.78 is 64.9. The third-order valence-electron chi connectivity index (χ3n) is 3.14. The predicted octanol–water partition coefficient (Wildman–Crippen LogP) is 4.49. The molecular formula is C12H12BrF5N2. The number of halogens is 6. The van der Waals surface area contributed by atoms with E-state index in [9.17, 15) is 22.0 Å². The fourth-order valence-corrected chi connectivity index (χ4v) is 2.56. The third kappa shape index (κ3) is 3.59. The standard InChI is InChI=1S/C12H12BrF5N2/c13-8-2-3-9(12(16,17)18)19-10(8)20-6-1-4-11(14,15)5-7-20/h2-3H,1,4-7H2. The lowest BCUT2D eigenvalue weighted by Gasteiger charge is -2.23. The highest BCUT2D eigenvalue weighted by atomic mass is 79.9. The Morgan fingerprint density at radius 1 is 1.15 bits per heavy atom. The largest absolute Gasteiger partial charge is 0.433 e. The highest BCUT2D eigenvalue weighted by Crippen LogP contribution is 2.35. The summed E-state index contributed by atoms with van der Waals surface area (Å²) in [7, 11) is 0. The molecule has 0 spiro atoms. The van der Waals surface area contributed by atoms with E-state index >= 15 is 0 Å². The summed E-state index contributed by atoms with van der Waals surface area (Å²) >= 11 is 3.13. The van der Waals surface area contributed by atoms with E-state index in [1.54, 1.807) is 0 Å². The van der Waals surface area contributed by atoms with Crippen LogP contribution in [0.4, 0.5) is 27.8 Å². The van der Waals surface area contributed by atoms with E-state index in [0.29, 0.717) is 4.47 Å². The van der Waals surface area contributed by atoms with Gasteiger partial charge in [0.25, 0.3) is 0 Å². The fourth-order valence-electron chi connectivity index (χ4n) is 2.09. The Morgan fingerprint density at radius 3 is 2.50 bits per heavy atom. The van der Waals surface area contributed by atoms with Gasteiger partial charge in [-0.2, -0.15) is 13.2 Å². The molecule has 0 saturated carbocycles. The van der Waals surface area contributed by atoms with Crippen LogP contribution in [0.5, 0.6) is 0 Å². The molecule has 8 heteroatoms. The molecule has 2 nitrogen and oxygen atoms in total. The molecule has 0 bridgehead atoms. The van der Waals surface area contributed by atoms with Crippen LogP contribution < -0.4 is 4.90 Å². The Balaban J connectivity index is 2.28. The maximum Gasteiger partial charge on any atom is 0.433 e. The Morgan fingerprint density at radius 2 is 1.85 bits per heavy atom. The van der Waals surface area contributed by atoms with E-state index in [-0.39, 0.29) is 38.2 Å². The van der Waals surface area contributed by atoms with Gasteiger partial charge >= 0.3 is 6.18 Å². The second kappa shape index (κ2) is 5.46. The molecule has 112 valence electrons. The van der Waals surface area contributed by atoms with Crippen LogP contribution in [-0.2, 0) is 6.18 Å². The Hall–Kier alpha value is -0.920. The van der Waals surface area contributed by atoms with E-state index in [4.69, 9.17) is 0 Å². The lowest BCUT2D eigenvalue weighted by molar-refractivity contribution is -0.141. The molecule has 0 aromatic carbocycles. The highest BCUT2D eigenvalue weighted by molar-refractivity contribution is 9.10. The van der Waals surface area contributed by atoms with Crippen LogP contribution in [0, 0.1) is 0 Å². The molecule has 0 unspecified atom stereocenters. The zero-order valence-corrected chi connectivity index (χ0v) is 11.9. The first-order chi connectivity index (χ1) is 9.19. The minimum absolute atomic E-state index is 0.0140. The maximum atomic E-state index is 13.3. The van der Waals surface area contributed by atoms with Gasteiger partial charge in [-0.05, 0) is 34.5 Å². The van der Waals surface area contributed by atoms with Crippen LogP contribution in [-0.4, -0.2) is 24.0 Å². The van der Waals surface area contributed by atoms with Crippen LogP contribution in [0.1, 0.15) is 25.0 Å². The molecule has 0 radical (unpaired) electrons. The molecule has 1 aliphatic rings. The number of nitrogens with zero attached hydrogens (tertiary/aromatic N) is 2. The molecule has 20 heavy (non-hydrogen) atoms. The van der Waals surface area contributed by atoms with Gasteiger partial charge in [-0.25, -0.2) is 13.8 Å². The topological polar surface area (TPSA) is 16.1 Å². The molecule has 0 aliphatic carbocycles. The predicted molar refractivity (Wildman–Crippen MR) is 68.0 cm³/mol. The molecular weight excluding hydrogens is 347 g/mol. The van der Waals surface area contributed by atoms with Gasteiger partial charge in [0.05, 0.1) is 4.47 Å². The van der Waals surface area contributed by atoms with Crippen molar-refractivity contribution >= 4 is 21.7 Å². The van der Waals surface area contributed by atoms with E-state index in [0.717, 1.165) is 6.07 Å². The van der Waals surface area contributed by atoms with Crippen molar-refractivity contribution in [1.82, 2.24) is 4.98 Å². The normalized spacial score (nSPS) is 19.8. The monoisotopic (exact) mass is 358 g/mol. The number of rotatable bonds is 1. The maximum absolute atomic E-state index is 13.3. The first kappa shape index (κ1) is 15.5. The minimum atomic E-state index is -4.55. The average molecular weight is 359 g/mol. The Labute approximate surface area is 121 Å². The summed E-state index contributed by atoms with van der Waals surface area (Å²) in [6.07, 6.45) is -4.96. The number of alkyl halides is 5. The van der Waals surface area contributed by atoms with Gasteiger partial charge in [-0.1, -0.05) is 0 Å². The van der Waals surface area contributed by atoms with Crippen molar-refractivity contribution in [2.45, 2.75) is 31.4 Å². The van der Waals surface area contributed by atoms with E-state index < -0.39 is 17.8 Å².